The smallest absolute Gasteiger partial charge is 0.317 e. The zero-order valence-corrected chi connectivity index (χ0v) is 12.1. The van der Waals surface area contributed by atoms with Crippen molar-refractivity contribution in [3.63, 3.8) is 0 Å². The van der Waals surface area contributed by atoms with Crippen LogP contribution in [0.4, 0.5) is 11.4 Å². The fraction of sp³-hybridized carbons (Fsp3) is 0. The molecule has 0 aliphatic rings. The summed E-state index contributed by atoms with van der Waals surface area (Å²) in [5, 5.41) is 12.6. The van der Waals surface area contributed by atoms with Crippen LogP contribution < -0.4 is 5.32 Å². The number of hydrogen-bond donors (Lipinski definition) is 1. The molecule has 2 heterocycles. The van der Waals surface area contributed by atoms with E-state index >= 15 is 0 Å². The fourth-order valence-electron chi connectivity index (χ4n) is 1.41. The van der Waals surface area contributed by atoms with Gasteiger partial charge in [-0.2, -0.15) is 0 Å². The van der Waals surface area contributed by atoms with Crippen molar-refractivity contribution < 1.29 is 9.72 Å². The van der Waals surface area contributed by atoms with E-state index in [1.54, 1.807) is 0 Å². The van der Waals surface area contributed by atoms with Gasteiger partial charge in [0.15, 0.2) is 10.3 Å². The molecule has 0 spiro atoms. The second-order valence-corrected chi connectivity index (χ2v) is 4.61. The third-order valence-electron chi connectivity index (χ3n) is 2.30. The highest BCUT2D eigenvalue weighted by Crippen LogP contribution is 2.29. The van der Waals surface area contributed by atoms with E-state index in [0.29, 0.717) is 0 Å². The van der Waals surface area contributed by atoms with Gasteiger partial charge in [0.25, 0.3) is 5.91 Å². The molecule has 108 valence electrons. The van der Waals surface area contributed by atoms with Gasteiger partial charge >= 0.3 is 5.69 Å². The number of carbonyl (C=O) groups is 1. The van der Waals surface area contributed by atoms with Crippen LogP contribution >= 0.6 is 34.8 Å². The Hall–Kier alpha value is -2.03. The number of anilines is 1. The molecule has 0 aliphatic heterocycles. The lowest BCUT2D eigenvalue weighted by Gasteiger charge is -2.08. The molecule has 11 heteroatoms. The molecule has 2 rings (SSSR count). The molecule has 0 saturated heterocycles. The number of rotatable bonds is 3. The van der Waals surface area contributed by atoms with E-state index in [1.807, 2.05) is 0 Å². The molecule has 0 unspecified atom stereocenters. The molecule has 8 nitrogen and oxygen atoms in total. The van der Waals surface area contributed by atoms with Gasteiger partial charge in [-0.1, -0.05) is 34.8 Å². The number of nitrogens with one attached hydrogen (secondary N) is 1. The van der Waals surface area contributed by atoms with Crippen LogP contribution in [0, 0.1) is 10.1 Å². The van der Waals surface area contributed by atoms with Gasteiger partial charge in [-0.05, 0) is 6.07 Å². The molecule has 0 aliphatic carbocycles. The minimum atomic E-state index is -0.843. The molecule has 0 radical (unpaired) electrons. The first-order valence-corrected chi connectivity index (χ1v) is 6.31. The summed E-state index contributed by atoms with van der Waals surface area (Å²) in [4.78, 5) is 33.1. The van der Waals surface area contributed by atoms with E-state index in [2.05, 4.69) is 20.3 Å². The molecular formula is C10H4Cl3N5O3. The Bertz CT molecular complexity index is 720. The minimum absolute atomic E-state index is 0.0620. The van der Waals surface area contributed by atoms with Crippen molar-refractivity contribution in [3.8, 4) is 0 Å². The summed E-state index contributed by atoms with van der Waals surface area (Å²) in [6, 6.07) is 1.14. The molecule has 21 heavy (non-hydrogen) atoms. The molecule has 0 aromatic carbocycles. The van der Waals surface area contributed by atoms with Crippen LogP contribution in [0.2, 0.25) is 15.5 Å². The normalized spacial score (nSPS) is 10.2. The zero-order valence-electron chi connectivity index (χ0n) is 9.88. The Morgan fingerprint density at radius 3 is 2.33 bits per heavy atom. The predicted molar refractivity (Wildman–Crippen MR) is 75.9 cm³/mol. The quantitative estimate of drug-likeness (QED) is 0.395. The highest BCUT2D eigenvalue weighted by Gasteiger charge is 2.26. The van der Waals surface area contributed by atoms with Gasteiger partial charge in [-0.25, -0.2) is 15.0 Å². The lowest BCUT2D eigenvalue weighted by Crippen LogP contribution is -2.15. The number of carbonyl (C=O) groups excluding carboxylic acids is 1. The number of aromatic nitrogens is 3. The van der Waals surface area contributed by atoms with Crippen molar-refractivity contribution in [3.05, 3.63) is 49.7 Å². The molecule has 2 aromatic rings. The summed E-state index contributed by atoms with van der Waals surface area (Å²) >= 11 is 17.2. The van der Waals surface area contributed by atoms with E-state index in [1.165, 1.54) is 0 Å². The number of amides is 1. The Kier molecular flexibility index (Phi) is 4.51. The van der Waals surface area contributed by atoms with Crippen molar-refractivity contribution in [2.75, 3.05) is 5.32 Å². The average Bonchev–Trinajstić information content (AvgIpc) is 2.42. The van der Waals surface area contributed by atoms with Gasteiger partial charge in [-0.15, -0.1) is 0 Å². The number of hydrogen-bond acceptors (Lipinski definition) is 6. The first-order valence-electron chi connectivity index (χ1n) is 5.18. The number of nitro groups is 1. The number of halogens is 3. The van der Waals surface area contributed by atoms with Crippen LogP contribution in [0.3, 0.4) is 0 Å². The second-order valence-electron chi connectivity index (χ2n) is 3.54. The van der Waals surface area contributed by atoms with Crippen LogP contribution in [-0.2, 0) is 0 Å². The van der Waals surface area contributed by atoms with Crippen molar-refractivity contribution >= 4 is 52.1 Å². The number of nitrogens with zero attached hydrogens (tertiary/aromatic N) is 4. The third kappa shape index (κ3) is 3.18. The van der Waals surface area contributed by atoms with Gasteiger partial charge in [0.1, 0.15) is 17.6 Å². The summed E-state index contributed by atoms with van der Waals surface area (Å²) in [5.74, 6) is -0.843. The lowest BCUT2D eigenvalue weighted by molar-refractivity contribution is -0.385. The van der Waals surface area contributed by atoms with Gasteiger partial charge in [0.2, 0.25) is 5.15 Å². The van der Waals surface area contributed by atoms with E-state index in [-0.39, 0.29) is 21.6 Å². The monoisotopic (exact) mass is 347 g/mol. The second kappa shape index (κ2) is 6.17. The van der Waals surface area contributed by atoms with E-state index in [9.17, 15) is 14.9 Å². The maximum Gasteiger partial charge on any atom is 0.319 e. The van der Waals surface area contributed by atoms with Crippen molar-refractivity contribution in [2.24, 2.45) is 0 Å². The van der Waals surface area contributed by atoms with E-state index in [0.717, 1.165) is 18.6 Å². The Morgan fingerprint density at radius 1 is 1.14 bits per heavy atom. The Balaban J connectivity index is 2.43. The van der Waals surface area contributed by atoms with Crippen LogP contribution in [0.5, 0.6) is 0 Å². The SMILES string of the molecule is O=C(Nc1c(Cl)ncnc1Cl)c1ccnc(Cl)c1[N+](=O)[O-]. The molecule has 0 saturated carbocycles. The summed E-state index contributed by atoms with van der Waals surface area (Å²) in [6.07, 6.45) is 2.26. The minimum Gasteiger partial charge on any atom is -0.317 e. The first-order chi connectivity index (χ1) is 9.91. The largest absolute Gasteiger partial charge is 0.319 e. The van der Waals surface area contributed by atoms with E-state index < -0.39 is 21.7 Å². The van der Waals surface area contributed by atoms with Crippen molar-refractivity contribution in [1.29, 1.82) is 0 Å². The highest BCUT2D eigenvalue weighted by molar-refractivity contribution is 6.38. The molecular weight excluding hydrogens is 345 g/mol. The van der Waals surface area contributed by atoms with Gasteiger partial charge in [0.05, 0.1) is 4.92 Å². The van der Waals surface area contributed by atoms with Gasteiger partial charge in [0, 0.05) is 6.20 Å². The van der Waals surface area contributed by atoms with Crippen LogP contribution in [-0.4, -0.2) is 25.8 Å². The molecule has 0 bridgehead atoms. The topological polar surface area (TPSA) is 111 Å². The molecule has 0 atom stereocenters. The molecule has 1 N–H and O–H groups in total. The summed E-state index contributed by atoms with van der Waals surface area (Å²) in [7, 11) is 0. The molecule has 1 amide bonds. The van der Waals surface area contributed by atoms with Crippen LogP contribution in [0.1, 0.15) is 10.4 Å². The predicted octanol–water partition coefficient (Wildman–Crippen LogP) is 2.99. The van der Waals surface area contributed by atoms with Crippen LogP contribution in [0.15, 0.2) is 18.6 Å². The summed E-state index contributed by atoms with van der Waals surface area (Å²) in [5.41, 5.74) is -0.982. The Labute approximate surface area is 132 Å². The molecule has 0 fully saturated rings. The van der Waals surface area contributed by atoms with Crippen molar-refractivity contribution in [2.45, 2.75) is 0 Å². The maximum absolute atomic E-state index is 12.1. The van der Waals surface area contributed by atoms with Crippen molar-refractivity contribution in [1.82, 2.24) is 15.0 Å². The summed E-state index contributed by atoms with van der Waals surface area (Å²) in [6.45, 7) is 0. The molecule has 2 aromatic heterocycles. The maximum atomic E-state index is 12.1. The highest BCUT2D eigenvalue weighted by atomic mass is 35.5. The third-order valence-corrected chi connectivity index (χ3v) is 3.15. The zero-order chi connectivity index (χ0) is 15.6. The van der Waals surface area contributed by atoms with Gasteiger partial charge in [-0.3, -0.25) is 14.9 Å². The van der Waals surface area contributed by atoms with Gasteiger partial charge < -0.3 is 5.32 Å². The van der Waals surface area contributed by atoms with E-state index in [4.69, 9.17) is 34.8 Å². The number of pyridine rings is 1. The first kappa shape index (κ1) is 15.4. The fourth-order valence-corrected chi connectivity index (χ4v) is 2.05. The Morgan fingerprint density at radius 2 is 1.76 bits per heavy atom. The van der Waals surface area contributed by atoms with Crippen LogP contribution in [0.25, 0.3) is 0 Å². The lowest BCUT2D eigenvalue weighted by atomic mass is 10.2. The average molecular weight is 349 g/mol. The summed E-state index contributed by atoms with van der Waals surface area (Å²) < 4.78 is 0. The standard InChI is InChI=1S/C10H4Cl3N5O3/c11-7-5(8(12)16-3-15-7)17-10(19)4-1-2-14-9(13)6(4)18(20)21/h1-3H,(H,17,19).